The van der Waals surface area contributed by atoms with Crippen LogP contribution in [0.3, 0.4) is 0 Å². The van der Waals surface area contributed by atoms with E-state index in [1.165, 1.54) is 13.3 Å². The van der Waals surface area contributed by atoms with Gasteiger partial charge in [0.1, 0.15) is 17.8 Å². The van der Waals surface area contributed by atoms with Crippen LogP contribution in [0.5, 0.6) is 0 Å². The first-order chi connectivity index (χ1) is 11.0. The summed E-state index contributed by atoms with van der Waals surface area (Å²) in [5.74, 6) is 0.252. The second kappa shape index (κ2) is 7.49. The molecule has 2 N–H and O–H groups in total. The molecule has 2 aromatic rings. The molecule has 0 aliphatic carbocycles. The van der Waals surface area contributed by atoms with Crippen molar-refractivity contribution in [2.75, 3.05) is 5.32 Å². The zero-order valence-electron chi connectivity index (χ0n) is 13.5. The summed E-state index contributed by atoms with van der Waals surface area (Å²) in [6, 6.07) is 8.77. The number of aromatic nitrogens is 2. The molecule has 0 aliphatic heterocycles. The second-order valence-electron chi connectivity index (χ2n) is 5.33. The minimum Gasteiger partial charge on any atom is -0.348 e. The maximum Gasteiger partial charge on any atom is 0.270 e. The van der Waals surface area contributed by atoms with Crippen molar-refractivity contribution in [2.24, 2.45) is 0 Å². The molecule has 0 saturated carbocycles. The van der Waals surface area contributed by atoms with Gasteiger partial charge < -0.3 is 10.6 Å². The fourth-order valence-corrected chi connectivity index (χ4v) is 1.91. The van der Waals surface area contributed by atoms with Gasteiger partial charge in [0.05, 0.1) is 0 Å². The summed E-state index contributed by atoms with van der Waals surface area (Å²) < 4.78 is 0. The van der Waals surface area contributed by atoms with Gasteiger partial charge in [-0.2, -0.15) is 0 Å². The minimum atomic E-state index is -0.234. The first kappa shape index (κ1) is 16.6. The van der Waals surface area contributed by atoms with Crippen LogP contribution in [-0.4, -0.2) is 27.7 Å². The molecule has 2 rings (SSSR count). The lowest BCUT2D eigenvalue weighted by molar-refractivity contribution is 0.0933. The zero-order chi connectivity index (χ0) is 16.8. The molecule has 0 saturated heterocycles. The van der Waals surface area contributed by atoms with E-state index in [2.05, 4.69) is 20.6 Å². The SMILES string of the molecule is CCC(C)NC(=O)c1cc(Nc2cccc(C(C)=O)c2)ncn1. The zero-order valence-corrected chi connectivity index (χ0v) is 13.5. The highest BCUT2D eigenvalue weighted by Crippen LogP contribution is 2.16. The topological polar surface area (TPSA) is 84.0 Å². The maximum atomic E-state index is 12.1. The smallest absolute Gasteiger partial charge is 0.270 e. The molecule has 0 radical (unpaired) electrons. The van der Waals surface area contributed by atoms with E-state index in [9.17, 15) is 9.59 Å². The molecular weight excluding hydrogens is 292 g/mol. The van der Waals surface area contributed by atoms with Crippen molar-refractivity contribution in [3.05, 3.63) is 47.9 Å². The Bertz CT molecular complexity index is 715. The van der Waals surface area contributed by atoms with Crippen LogP contribution < -0.4 is 10.6 Å². The summed E-state index contributed by atoms with van der Waals surface area (Å²) in [5.41, 5.74) is 1.63. The molecule has 0 bridgehead atoms. The number of nitrogens with zero attached hydrogens (tertiary/aromatic N) is 2. The molecule has 1 aromatic carbocycles. The van der Waals surface area contributed by atoms with E-state index in [1.807, 2.05) is 19.9 Å². The number of benzene rings is 1. The molecule has 1 unspecified atom stereocenters. The fourth-order valence-electron chi connectivity index (χ4n) is 1.91. The lowest BCUT2D eigenvalue weighted by atomic mass is 10.1. The van der Waals surface area contributed by atoms with Crippen LogP contribution in [0, 0.1) is 0 Å². The van der Waals surface area contributed by atoms with Gasteiger partial charge in [-0.1, -0.05) is 19.1 Å². The maximum absolute atomic E-state index is 12.1. The summed E-state index contributed by atoms with van der Waals surface area (Å²) in [4.78, 5) is 31.6. The molecule has 1 atom stereocenters. The van der Waals surface area contributed by atoms with Crippen molar-refractivity contribution in [1.29, 1.82) is 0 Å². The van der Waals surface area contributed by atoms with Crippen LogP contribution in [-0.2, 0) is 0 Å². The van der Waals surface area contributed by atoms with Crippen molar-refractivity contribution >= 4 is 23.2 Å². The number of Topliss-reactive ketones (excluding diaryl/α,β-unsaturated/α-hetero) is 1. The summed E-state index contributed by atoms with van der Waals surface area (Å²) >= 11 is 0. The Hall–Kier alpha value is -2.76. The summed E-state index contributed by atoms with van der Waals surface area (Å²) in [7, 11) is 0. The third-order valence-electron chi connectivity index (χ3n) is 3.43. The Balaban J connectivity index is 2.15. The standard InChI is InChI=1S/C17H20N4O2/c1-4-11(2)20-17(23)15-9-16(19-10-18-15)21-14-7-5-6-13(8-14)12(3)22/h5-11H,4H2,1-3H3,(H,20,23)(H,18,19,21). The van der Waals surface area contributed by atoms with E-state index in [0.717, 1.165) is 12.1 Å². The molecule has 6 heteroatoms. The predicted octanol–water partition coefficient (Wildman–Crippen LogP) is 2.95. The number of rotatable bonds is 6. The number of amides is 1. The predicted molar refractivity (Wildman–Crippen MR) is 89.0 cm³/mol. The van der Waals surface area contributed by atoms with Crippen molar-refractivity contribution in [3.8, 4) is 0 Å². The van der Waals surface area contributed by atoms with Gasteiger partial charge in [-0.15, -0.1) is 0 Å². The van der Waals surface area contributed by atoms with Crippen LogP contribution >= 0.6 is 0 Å². The molecule has 23 heavy (non-hydrogen) atoms. The summed E-state index contributed by atoms with van der Waals surface area (Å²) in [6.45, 7) is 5.45. The number of hydrogen-bond acceptors (Lipinski definition) is 5. The van der Waals surface area contributed by atoms with Gasteiger partial charge in [-0.05, 0) is 32.4 Å². The second-order valence-corrected chi connectivity index (χ2v) is 5.33. The van der Waals surface area contributed by atoms with Crippen molar-refractivity contribution in [2.45, 2.75) is 33.2 Å². The van der Waals surface area contributed by atoms with Gasteiger partial charge in [0.25, 0.3) is 5.91 Å². The Labute approximate surface area is 135 Å². The number of carbonyl (C=O) groups excluding carboxylic acids is 2. The molecule has 0 spiro atoms. The Morgan fingerprint density at radius 2 is 2.00 bits per heavy atom. The molecule has 6 nitrogen and oxygen atoms in total. The van der Waals surface area contributed by atoms with Gasteiger partial charge in [0, 0.05) is 23.4 Å². The van der Waals surface area contributed by atoms with E-state index in [-0.39, 0.29) is 17.7 Å². The number of hydrogen-bond donors (Lipinski definition) is 2. The van der Waals surface area contributed by atoms with Crippen LogP contribution in [0.1, 0.15) is 48.0 Å². The number of carbonyl (C=O) groups is 2. The van der Waals surface area contributed by atoms with Gasteiger partial charge in [0.15, 0.2) is 5.78 Å². The summed E-state index contributed by atoms with van der Waals surface area (Å²) in [6.07, 6.45) is 2.18. The molecule has 1 aromatic heterocycles. The van der Waals surface area contributed by atoms with Gasteiger partial charge >= 0.3 is 0 Å². The monoisotopic (exact) mass is 312 g/mol. The van der Waals surface area contributed by atoms with Gasteiger partial charge in [-0.3, -0.25) is 9.59 Å². The third-order valence-corrected chi connectivity index (χ3v) is 3.43. The summed E-state index contributed by atoms with van der Waals surface area (Å²) in [5, 5.41) is 5.94. The first-order valence-corrected chi connectivity index (χ1v) is 7.50. The van der Waals surface area contributed by atoms with Crippen molar-refractivity contribution < 1.29 is 9.59 Å². The first-order valence-electron chi connectivity index (χ1n) is 7.50. The van der Waals surface area contributed by atoms with Gasteiger partial charge in [-0.25, -0.2) is 9.97 Å². The number of anilines is 2. The lowest BCUT2D eigenvalue weighted by Crippen LogP contribution is -2.32. The Kier molecular flexibility index (Phi) is 5.41. The highest BCUT2D eigenvalue weighted by Gasteiger charge is 2.11. The largest absolute Gasteiger partial charge is 0.348 e. The van der Waals surface area contributed by atoms with Crippen LogP contribution in [0.4, 0.5) is 11.5 Å². The van der Waals surface area contributed by atoms with Crippen molar-refractivity contribution in [1.82, 2.24) is 15.3 Å². The van der Waals surface area contributed by atoms with E-state index < -0.39 is 0 Å². The highest BCUT2D eigenvalue weighted by atomic mass is 16.2. The molecule has 120 valence electrons. The molecule has 1 heterocycles. The average molecular weight is 312 g/mol. The van der Waals surface area contributed by atoms with E-state index >= 15 is 0 Å². The van der Waals surface area contributed by atoms with E-state index in [0.29, 0.717) is 17.1 Å². The molecular formula is C17H20N4O2. The van der Waals surface area contributed by atoms with Crippen LogP contribution in [0.25, 0.3) is 0 Å². The normalized spacial score (nSPS) is 11.6. The fraction of sp³-hybridized carbons (Fsp3) is 0.294. The molecule has 0 aliphatic rings. The van der Waals surface area contributed by atoms with E-state index in [1.54, 1.807) is 24.3 Å². The molecule has 0 fully saturated rings. The van der Waals surface area contributed by atoms with E-state index in [4.69, 9.17) is 0 Å². The molecule has 1 amide bonds. The van der Waals surface area contributed by atoms with Crippen molar-refractivity contribution in [3.63, 3.8) is 0 Å². The Morgan fingerprint density at radius 3 is 2.70 bits per heavy atom. The minimum absolute atomic E-state index is 0.00930. The third kappa shape index (κ3) is 4.60. The quantitative estimate of drug-likeness (QED) is 0.801. The van der Waals surface area contributed by atoms with Crippen LogP contribution in [0.15, 0.2) is 36.7 Å². The van der Waals surface area contributed by atoms with Gasteiger partial charge in [0.2, 0.25) is 0 Å². The number of ketones is 1. The Morgan fingerprint density at radius 1 is 1.22 bits per heavy atom. The lowest BCUT2D eigenvalue weighted by Gasteiger charge is -2.11. The number of nitrogens with one attached hydrogen (secondary N) is 2. The van der Waals surface area contributed by atoms with Crippen LogP contribution in [0.2, 0.25) is 0 Å². The highest BCUT2D eigenvalue weighted by molar-refractivity contribution is 5.95. The average Bonchev–Trinajstić information content (AvgIpc) is 2.55.